The van der Waals surface area contributed by atoms with Crippen molar-refractivity contribution in [1.29, 1.82) is 0 Å². The predicted molar refractivity (Wildman–Crippen MR) is 80.5 cm³/mol. The Kier molecular flexibility index (Phi) is 5.00. The summed E-state index contributed by atoms with van der Waals surface area (Å²) in [7, 11) is 0. The molecule has 0 aliphatic heterocycles. The van der Waals surface area contributed by atoms with Crippen LogP contribution in [0.1, 0.15) is 12.0 Å². The topological polar surface area (TPSA) is 0 Å². The van der Waals surface area contributed by atoms with Crippen LogP contribution in [0.25, 0.3) is 0 Å². The summed E-state index contributed by atoms with van der Waals surface area (Å²) in [4.78, 5) is 0. The minimum absolute atomic E-state index is 0.0664. The van der Waals surface area contributed by atoms with E-state index in [9.17, 15) is 0 Å². The standard InChI is InChI=1S/C15H17I/c1-4-11-15(5-2,6-3)12-13-9-7-8-10-14(13)16/h4-10H,1-3,11-12H2. The molecule has 1 rings (SSSR count). The highest BCUT2D eigenvalue weighted by atomic mass is 127. The van der Waals surface area contributed by atoms with Crippen molar-refractivity contribution in [3.63, 3.8) is 0 Å². The molecule has 0 unspecified atom stereocenters. The lowest BCUT2D eigenvalue weighted by atomic mass is 9.79. The molecular weight excluding hydrogens is 307 g/mol. The van der Waals surface area contributed by atoms with E-state index in [4.69, 9.17) is 0 Å². The summed E-state index contributed by atoms with van der Waals surface area (Å²) in [6, 6.07) is 8.41. The van der Waals surface area contributed by atoms with Gasteiger partial charge in [-0.2, -0.15) is 0 Å². The molecule has 0 amide bonds. The maximum absolute atomic E-state index is 3.93. The molecule has 0 N–H and O–H groups in total. The summed E-state index contributed by atoms with van der Waals surface area (Å²) in [5.74, 6) is 0. The largest absolute Gasteiger partial charge is 0.103 e. The lowest BCUT2D eigenvalue weighted by Crippen LogP contribution is -2.17. The molecule has 1 heteroatoms. The van der Waals surface area contributed by atoms with E-state index in [1.807, 2.05) is 18.2 Å². The van der Waals surface area contributed by atoms with Gasteiger partial charge in [-0.3, -0.25) is 0 Å². The first-order chi connectivity index (χ1) is 7.67. The van der Waals surface area contributed by atoms with Crippen molar-refractivity contribution in [2.75, 3.05) is 0 Å². The van der Waals surface area contributed by atoms with Crippen LogP contribution in [0.5, 0.6) is 0 Å². The molecule has 0 heterocycles. The molecule has 0 atom stereocenters. The zero-order valence-electron chi connectivity index (χ0n) is 9.45. The highest BCUT2D eigenvalue weighted by Gasteiger charge is 2.22. The lowest BCUT2D eigenvalue weighted by molar-refractivity contribution is 0.498. The molecule has 0 radical (unpaired) electrons. The second kappa shape index (κ2) is 6.04. The Hall–Kier alpha value is -0.830. The van der Waals surface area contributed by atoms with Crippen LogP contribution in [-0.4, -0.2) is 0 Å². The molecular formula is C15H17I. The SMILES string of the molecule is C=CCC(C=C)(C=C)Cc1ccccc1I. The second-order valence-electron chi connectivity index (χ2n) is 3.90. The Bertz CT molecular complexity index is 382. The highest BCUT2D eigenvalue weighted by Crippen LogP contribution is 2.31. The normalized spacial score (nSPS) is 10.8. The van der Waals surface area contributed by atoms with Gasteiger partial charge >= 0.3 is 0 Å². The quantitative estimate of drug-likeness (QED) is 0.522. The van der Waals surface area contributed by atoms with Crippen molar-refractivity contribution < 1.29 is 0 Å². The van der Waals surface area contributed by atoms with Crippen LogP contribution < -0.4 is 0 Å². The Balaban J connectivity index is 3.00. The zero-order chi connectivity index (χ0) is 12.0. The van der Waals surface area contributed by atoms with Crippen molar-refractivity contribution >= 4 is 22.6 Å². The van der Waals surface area contributed by atoms with Crippen molar-refractivity contribution in [1.82, 2.24) is 0 Å². The van der Waals surface area contributed by atoms with Gasteiger partial charge in [0.1, 0.15) is 0 Å². The highest BCUT2D eigenvalue weighted by molar-refractivity contribution is 14.1. The van der Waals surface area contributed by atoms with Crippen molar-refractivity contribution in [3.05, 3.63) is 71.4 Å². The smallest absolute Gasteiger partial charge is 0.0162 e. The number of rotatable bonds is 6. The third kappa shape index (κ3) is 3.08. The number of halogens is 1. The van der Waals surface area contributed by atoms with Crippen LogP contribution in [0.3, 0.4) is 0 Å². The maximum Gasteiger partial charge on any atom is 0.0162 e. The summed E-state index contributed by atoms with van der Waals surface area (Å²) < 4.78 is 1.29. The molecule has 0 saturated heterocycles. The number of allylic oxidation sites excluding steroid dienone is 3. The third-order valence-corrected chi connectivity index (χ3v) is 3.87. The van der Waals surface area contributed by atoms with Crippen LogP contribution in [0.15, 0.2) is 62.2 Å². The van der Waals surface area contributed by atoms with E-state index in [-0.39, 0.29) is 5.41 Å². The summed E-state index contributed by atoms with van der Waals surface area (Å²) in [6.45, 7) is 11.7. The molecule has 0 aliphatic rings. The molecule has 1 aromatic rings. The fourth-order valence-electron chi connectivity index (χ4n) is 1.73. The molecule has 0 nitrogen and oxygen atoms in total. The first-order valence-corrected chi connectivity index (χ1v) is 6.37. The van der Waals surface area contributed by atoms with E-state index in [1.165, 1.54) is 9.13 Å². The Morgan fingerprint density at radius 3 is 2.25 bits per heavy atom. The minimum Gasteiger partial charge on any atom is -0.103 e. The van der Waals surface area contributed by atoms with Gasteiger partial charge in [-0.25, -0.2) is 0 Å². The lowest BCUT2D eigenvalue weighted by Gasteiger charge is -2.26. The average Bonchev–Trinajstić information content (AvgIpc) is 2.31. The van der Waals surface area contributed by atoms with Gasteiger partial charge in [-0.1, -0.05) is 36.4 Å². The molecule has 0 fully saturated rings. The fraction of sp³-hybridized carbons (Fsp3) is 0.200. The molecule has 0 aromatic heterocycles. The van der Waals surface area contributed by atoms with E-state index >= 15 is 0 Å². The Morgan fingerprint density at radius 1 is 1.12 bits per heavy atom. The number of benzene rings is 1. The van der Waals surface area contributed by atoms with E-state index in [2.05, 4.69) is 66.6 Å². The van der Waals surface area contributed by atoms with E-state index in [0.29, 0.717) is 0 Å². The molecule has 0 bridgehead atoms. The monoisotopic (exact) mass is 324 g/mol. The molecule has 0 saturated carbocycles. The minimum atomic E-state index is -0.0664. The van der Waals surface area contributed by atoms with E-state index in [1.54, 1.807) is 0 Å². The first-order valence-electron chi connectivity index (χ1n) is 5.29. The molecule has 84 valence electrons. The van der Waals surface area contributed by atoms with Gasteiger partial charge in [0, 0.05) is 8.99 Å². The van der Waals surface area contributed by atoms with Crippen molar-refractivity contribution in [2.24, 2.45) is 5.41 Å². The number of hydrogen-bond donors (Lipinski definition) is 0. The van der Waals surface area contributed by atoms with Crippen LogP contribution in [0, 0.1) is 8.99 Å². The Morgan fingerprint density at radius 2 is 1.75 bits per heavy atom. The maximum atomic E-state index is 3.93. The van der Waals surface area contributed by atoms with Crippen LogP contribution in [0.4, 0.5) is 0 Å². The van der Waals surface area contributed by atoms with Gasteiger partial charge in [-0.15, -0.1) is 19.7 Å². The van der Waals surface area contributed by atoms with Crippen molar-refractivity contribution in [3.8, 4) is 0 Å². The first kappa shape index (κ1) is 13.2. The predicted octanol–water partition coefficient (Wildman–Crippen LogP) is 4.77. The van der Waals surface area contributed by atoms with Gasteiger partial charge in [0.2, 0.25) is 0 Å². The molecule has 0 spiro atoms. The van der Waals surface area contributed by atoms with Gasteiger partial charge in [0.15, 0.2) is 0 Å². The van der Waals surface area contributed by atoms with Crippen LogP contribution in [-0.2, 0) is 6.42 Å². The third-order valence-electron chi connectivity index (χ3n) is 2.81. The Labute approximate surface area is 112 Å². The van der Waals surface area contributed by atoms with Crippen LogP contribution >= 0.6 is 22.6 Å². The van der Waals surface area contributed by atoms with E-state index in [0.717, 1.165) is 12.8 Å². The van der Waals surface area contributed by atoms with Gasteiger partial charge in [0.05, 0.1) is 0 Å². The average molecular weight is 324 g/mol. The van der Waals surface area contributed by atoms with Gasteiger partial charge < -0.3 is 0 Å². The van der Waals surface area contributed by atoms with Gasteiger partial charge in [0.25, 0.3) is 0 Å². The summed E-state index contributed by atoms with van der Waals surface area (Å²) in [5, 5.41) is 0. The van der Waals surface area contributed by atoms with E-state index < -0.39 is 0 Å². The zero-order valence-corrected chi connectivity index (χ0v) is 11.6. The summed E-state index contributed by atoms with van der Waals surface area (Å²) in [5.41, 5.74) is 1.27. The summed E-state index contributed by atoms with van der Waals surface area (Å²) >= 11 is 2.37. The molecule has 1 aromatic carbocycles. The second-order valence-corrected chi connectivity index (χ2v) is 5.06. The van der Waals surface area contributed by atoms with Crippen LogP contribution in [0.2, 0.25) is 0 Å². The number of hydrogen-bond acceptors (Lipinski definition) is 0. The van der Waals surface area contributed by atoms with Crippen molar-refractivity contribution in [2.45, 2.75) is 12.8 Å². The summed E-state index contributed by atoms with van der Waals surface area (Å²) in [6.07, 6.45) is 7.70. The molecule has 0 aliphatic carbocycles. The fourth-order valence-corrected chi connectivity index (χ4v) is 2.31. The molecule has 16 heavy (non-hydrogen) atoms. The van der Waals surface area contributed by atoms with Gasteiger partial charge in [-0.05, 0) is 47.1 Å².